The van der Waals surface area contributed by atoms with Crippen molar-refractivity contribution < 1.29 is 4.79 Å². The Morgan fingerprint density at radius 3 is 2.76 bits per heavy atom. The lowest BCUT2D eigenvalue weighted by atomic mass is 10.2. The van der Waals surface area contributed by atoms with Gasteiger partial charge in [0.25, 0.3) is 0 Å². The minimum absolute atomic E-state index is 0.0184. The number of nitrogens with zero attached hydrogens (tertiary/aromatic N) is 1. The predicted molar refractivity (Wildman–Crippen MR) is 74.2 cm³/mol. The summed E-state index contributed by atoms with van der Waals surface area (Å²) in [6.07, 6.45) is 5.36. The van der Waals surface area contributed by atoms with Gasteiger partial charge >= 0.3 is 0 Å². The molecule has 0 spiro atoms. The minimum atomic E-state index is -0.360. The lowest BCUT2D eigenvalue weighted by Crippen LogP contribution is -2.46. The summed E-state index contributed by atoms with van der Waals surface area (Å²) in [5.41, 5.74) is 5.80. The summed E-state index contributed by atoms with van der Waals surface area (Å²) in [6.45, 7) is 2.84. The van der Waals surface area contributed by atoms with Crippen LogP contribution < -0.4 is 11.1 Å². The molecule has 0 saturated heterocycles. The maximum atomic E-state index is 11.7. The molecule has 17 heavy (non-hydrogen) atoms. The molecule has 1 aliphatic rings. The minimum Gasteiger partial charge on any atom is -0.353 e. The monoisotopic (exact) mass is 259 g/mol. The van der Waals surface area contributed by atoms with E-state index in [4.69, 9.17) is 5.73 Å². The van der Waals surface area contributed by atoms with E-state index in [2.05, 4.69) is 24.2 Å². The largest absolute Gasteiger partial charge is 0.353 e. The van der Waals surface area contributed by atoms with Crippen LogP contribution in [0, 0.1) is 0 Å². The van der Waals surface area contributed by atoms with Gasteiger partial charge in [0, 0.05) is 18.6 Å². The van der Waals surface area contributed by atoms with Gasteiger partial charge < -0.3 is 11.1 Å². The fourth-order valence-corrected chi connectivity index (χ4v) is 2.23. The zero-order valence-electron chi connectivity index (χ0n) is 11.1. The van der Waals surface area contributed by atoms with Crippen molar-refractivity contribution in [1.29, 1.82) is 0 Å². The molecule has 0 aromatic carbocycles. The van der Waals surface area contributed by atoms with E-state index in [1.807, 2.05) is 6.26 Å². The smallest absolute Gasteiger partial charge is 0.237 e. The summed E-state index contributed by atoms with van der Waals surface area (Å²) >= 11 is 1.72. The van der Waals surface area contributed by atoms with Gasteiger partial charge in [0.2, 0.25) is 5.91 Å². The van der Waals surface area contributed by atoms with Gasteiger partial charge in [-0.15, -0.1) is 0 Å². The number of likely N-dealkylation sites (N-methyl/N-ethyl adjacent to an activating group) is 1. The first-order valence-electron chi connectivity index (χ1n) is 6.30. The molecule has 2 atom stereocenters. The fraction of sp³-hybridized carbons (Fsp3) is 0.917. The highest BCUT2D eigenvalue weighted by Crippen LogP contribution is 2.26. The van der Waals surface area contributed by atoms with E-state index in [1.165, 1.54) is 12.8 Å². The molecule has 1 aliphatic carbocycles. The molecule has 0 bridgehead atoms. The molecule has 0 aromatic rings. The van der Waals surface area contributed by atoms with Crippen molar-refractivity contribution in [1.82, 2.24) is 10.2 Å². The molecular weight excluding hydrogens is 234 g/mol. The van der Waals surface area contributed by atoms with Crippen LogP contribution in [0.25, 0.3) is 0 Å². The Bertz CT molecular complexity index is 246. The van der Waals surface area contributed by atoms with Crippen molar-refractivity contribution in [3.63, 3.8) is 0 Å². The SMILES string of the molecule is CSCC[C@@H](N)C(=O)NCC(C)N(C)C1CC1. The molecule has 1 fully saturated rings. The van der Waals surface area contributed by atoms with Crippen LogP contribution >= 0.6 is 11.8 Å². The number of carbonyl (C=O) groups excluding carboxylic acids is 1. The van der Waals surface area contributed by atoms with Crippen molar-refractivity contribution in [2.24, 2.45) is 5.73 Å². The third-order valence-electron chi connectivity index (χ3n) is 3.36. The molecule has 5 heteroatoms. The third-order valence-corrected chi connectivity index (χ3v) is 4.00. The van der Waals surface area contributed by atoms with Gasteiger partial charge in [0.15, 0.2) is 0 Å². The molecular formula is C12H25N3OS. The second-order valence-electron chi connectivity index (χ2n) is 4.88. The summed E-state index contributed by atoms with van der Waals surface area (Å²) in [5, 5.41) is 2.94. The summed E-state index contributed by atoms with van der Waals surface area (Å²) in [4.78, 5) is 14.0. The highest BCUT2D eigenvalue weighted by atomic mass is 32.2. The molecule has 4 nitrogen and oxygen atoms in total. The highest BCUT2D eigenvalue weighted by Gasteiger charge is 2.29. The topological polar surface area (TPSA) is 58.4 Å². The van der Waals surface area contributed by atoms with Gasteiger partial charge in [-0.3, -0.25) is 9.69 Å². The number of rotatable bonds is 8. The Balaban J connectivity index is 2.17. The van der Waals surface area contributed by atoms with Gasteiger partial charge in [0.1, 0.15) is 0 Å². The third kappa shape index (κ3) is 5.27. The van der Waals surface area contributed by atoms with E-state index in [1.54, 1.807) is 11.8 Å². The molecule has 0 radical (unpaired) electrons. The standard InChI is InChI=1S/C12H25N3OS/c1-9(15(2)10-4-5-10)8-14-12(16)11(13)6-7-17-3/h9-11H,4-8,13H2,1-3H3,(H,14,16)/t9?,11-/m1/s1. The molecule has 0 aromatic heterocycles. The van der Waals surface area contributed by atoms with Crippen molar-refractivity contribution in [3.05, 3.63) is 0 Å². The van der Waals surface area contributed by atoms with Crippen molar-refractivity contribution in [2.75, 3.05) is 25.6 Å². The first-order chi connectivity index (χ1) is 8.06. The van der Waals surface area contributed by atoms with Crippen LogP contribution in [-0.2, 0) is 4.79 Å². The zero-order valence-corrected chi connectivity index (χ0v) is 11.9. The average molecular weight is 259 g/mol. The molecule has 0 heterocycles. The summed E-state index contributed by atoms with van der Waals surface area (Å²) in [7, 11) is 2.13. The Hall–Kier alpha value is -0.260. The molecule has 1 unspecified atom stereocenters. The molecule has 0 aliphatic heterocycles. The molecule has 3 N–H and O–H groups in total. The number of nitrogens with one attached hydrogen (secondary N) is 1. The highest BCUT2D eigenvalue weighted by molar-refractivity contribution is 7.98. The van der Waals surface area contributed by atoms with Crippen molar-refractivity contribution >= 4 is 17.7 Å². The number of thioether (sulfide) groups is 1. The van der Waals surface area contributed by atoms with Crippen molar-refractivity contribution in [3.8, 4) is 0 Å². The van der Waals surface area contributed by atoms with E-state index in [-0.39, 0.29) is 11.9 Å². The van der Waals surface area contributed by atoms with E-state index in [0.717, 1.165) is 18.2 Å². The number of hydrogen-bond donors (Lipinski definition) is 2. The van der Waals surface area contributed by atoms with E-state index in [9.17, 15) is 4.79 Å². The van der Waals surface area contributed by atoms with Crippen LogP contribution in [0.5, 0.6) is 0 Å². The zero-order chi connectivity index (χ0) is 12.8. The number of amides is 1. The fourth-order valence-electron chi connectivity index (χ4n) is 1.74. The Morgan fingerprint density at radius 1 is 1.59 bits per heavy atom. The Kier molecular flexibility index (Phi) is 6.30. The van der Waals surface area contributed by atoms with Crippen LogP contribution in [0.1, 0.15) is 26.2 Å². The second-order valence-corrected chi connectivity index (χ2v) is 5.86. The van der Waals surface area contributed by atoms with Crippen LogP contribution in [-0.4, -0.2) is 54.5 Å². The average Bonchev–Trinajstić information content (AvgIpc) is 3.15. The van der Waals surface area contributed by atoms with Crippen LogP contribution in [0.2, 0.25) is 0 Å². The molecule has 1 rings (SSSR count). The van der Waals surface area contributed by atoms with Gasteiger partial charge in [-0.1, -0.05) is 0 Å². The number of carbonyl (C=O) groups is 1. The lowest BCUT2D eigenvalue weighted by Gasteiger charge is -2.25. The molecule has 1 amide bonds. The van der Waals surface area contributed by atoms with Gasteiger partial charge in [-0.2, -0.15) is 11.8 Å². The molecule has 1 saturated carbocycles. The predicted octanol–water partition coefficient (Wildman–Crippen LogP) is 0.666. The second kappa shape index (κ2) is 7.24. The Labute approximate surface area is 109 Å². The normalized spacial score (nSPS) is 19.1. The van der Waals surface area contributed by atoms with Gasteiger partial charge in [-0.25, -0.2) is 0 Å². The first kappa shape index (κ1) is 14.8. The van der Waals surface area contributed by atoms with Gasteiger partial charge in [0.05, 0.1) is 6.04 Å². The maximum Gasteiger partial charge on any atom is 0.237 e. The van der Waals surface area contributed by atoms with E-state index < -0.39 is 0 Å². The van der Waals surface area contributed by atoms with Crippen LogP contribution in [0.4, 0.5) is 0 Å². The van der Waals surface area contributed by atoms with Crippen LogP contribution in [0.15, 0.2) is 0 Å². The lowest BCUT2D eigenvalue weighted by molar-refractivity contribution is -0.122. The Morgan fingerprint density at radius 2 is 2.24 bits per heavy atom. The van der Waals surface area contributed by atoms with E-state index >= 15 is 0 Å². The van der Waals surface area contributed by atoms with Crippen molar-refractivity contribution in [2.45, 2.75) is 44.3 Å². The summed E-state index contributed by atoms with van der Waals surface area (Å²) < 4.78 is 0. The quantitative estimate of drug-likeness (QED) is 0.672. The summed E-state index contributed by atoms with van der Waals surface area (Å²) in [6, 6.07) is 0.757. The number of hydrogen-bond acceptors (Lipinski definition) is 4. The number of nitrogens with two attached hydrogens (primary N) is 1. The van der Waals surface area contributed by atoms with Gasteiger partial charge in [-0.05, 0) is 45.2 Å². The van der Waals surface area contributed by atoms with E-state index in [0.29, 0.717) is 12.6 Å². The first-order valence-corrected chi connectivity index (χ1v) is 7.69. The maximum absolute atomic E-state index is 11.7. The van der Waals surface area contributed by atoms with Crippen LogP contribution in [0.3, 0.4) is 0 Å². The molecule has 100 valence electrons. The summed E-state index contributed by atoms with van der Waals surface area (Å²) in [5.74, 6) is 0.918.